The quantitative estimate of drug-likeness (QED) is 0.695. The van der Waals surface area contributed by atoms with E-state index in [9.17, 15) is 4.79 Å². The second kappa shape index (κ2) is 7.55. The number of halogens is 1. The number of nitrogens with two attached hydrogens (primary N) is 1. The molecule has 0 unspecified atom stereocenters. The normalized spacial score (nSPS) is 13.5. The van der Waals surface area contributed by atoms with Crippen LogP contribution in [0.5, 0.6) is 0 Å². The highest BCUT2D eigenvalue weighted by Crippen LogP contribution is 2.27. The van der Waals surface area contributed by atoms with Crippen molar-refractivity contribution in [3.8, 4) is 11.1 Å². The molecule has 3 N–H and O–H groups in total. The Morgan fingerprint density at radius 1 is 0.963 bits per heavy atom. The van der Waals surface area contributed by atoms with Crippen LogP contribution in [0.15, 0.2) is 66.7 Å². The van der Waals surface area contributed by atoms with Gasteiger partial charge in [0.25, 0.3) is 0 Å². The third-order valence-corrected chi connectivity index (χ3v) is 5.45. The van der Waals surface area contributed by atoms with Crippen LogP contribution in [-0.4, -0.2) is 11.9 Å². The average Bonchev–Trinajstić information content (AvgIpc) is 3.09. The van der Waals surface area contributed by atoms with Crippen molar-refractivity contribution < 1.29 is 4.79 Å². The fourth-order valence-corrected chi connectivity index (χ4v) is 3.99. The van der Waals surface area contributed by atoms with Crippen LogP contribution in [0.1, 0.15) is 27.0 Å². The maximum absolute atomic E-state index is 11.3. The van der Waals surface area contributed by atoms with Crippen LogP contribution in [0.2, 0.25) is 5.02 Å². The van der Waals surface area contributed by atoms with E-state index >= 15 is 0 Å². The molecule has 0 radical (unpaired) electrons. The SMILES string of the molecule is NC(=O)c1ccc(-c2cccc(CNC3Cc4ccccc4C3)c2)cc1Cl. The van der Waals surface area contributed by atoms with E-state index in [-0.39, 0.29) is 0 Å². The summed E-state index contributed by atoms with van der Waals surface area (Å²) in [4.78, 5) is 11.3. The third kappa shape index (κ3) is 3.90. The van der Waals surface area contributed by atoms with Gasteiger partial charge in [-0.2, -0.15) is 0 Å². The molecule has 0 atom stereocenters. The molecule has 0 fully saturated rings. The maximum atomic E-state index is 11.3. The summed E-state index contributed by atoms with van der Waals surface area (Å²) in [5.74, 6) is -0.512. The van der Waals surface area contributed by atoms with Crippen LogP contribution >= 0.6 is 11.6 Å². The fourth-order valence-electron chi connectivity index (χ4n) is 3.72. The topological polar surface area (TPSA) is 55.1 Å². The van der Waals surface area contributed by atoms with Gasteiger partial charge in [-0.3, -0.25) is 4.79 Å². The molecule has 27 heavy (non-hydrogen) atoms. The molecule has 3 aromatic rings. The first-order valence-corrected chi connectivity index (χ1v) is 9.47. The summed E-state index contributed by atoms with van der Waals surface area (Å²) in [7, 11) is 0. The lowest BCUT2D eigenvalue weighted by molar-refractivity contribution is 0.100. The highest BCUT2D eigenvalue weighted by molar-refractivity contribution is 6.34. The summed E-state index contributed by atoms with van der Waals surface area (Å²) in [6.45, 7) is 0.819. The van der Waals surface area contributed by atoms with E-state index in [1.165, 1.54) is 16.7 Å². The molecular weight excluding hydrogens is 356 g/mol. The second-order valence-electron chi connectivity index (χ2n) is 7.01. The van der Waals surface area contributed by atoms with Gasteiger partial charge in [0.15, 0.2) is 0 Å². The van der Waals surface area contributed by atoms with E-state index in [1.807, 2.05) is 18.2 Å². The average molecular weight is 377 g/mol. The van der Waals surface area contributed by atoms with E-state index in [0.29, 0.717) is 16.6 Å². The molecule has 0 aliphatic heterocycles. The van der Waals surface area contributed by atoms with Gasteiger partial charge in [-0.1, -0.05) is 60.1 Å². The van der Waals surface area contributed by atoms with E-state index in [0.717, 1.165) is 30.5 Å². The zero-order valence-electron chi connectivity index (χ0n) is 14.9. The first-order chi connectivity index (χ1) is 13.1. The summed E-state index contributed by atoms with van der Waals surface area (Å²) in [5.41, 5.74) is 11.8. The molecule has 1 aliphatic rings. The lowest BCUT2D eigenvalue weighted by atomic mass is 10.0. The van der Waals surface area contributed by atoms with Gasteiger partial charge in [0.1, 0.15) is 0 Å². The number of carbonyl (C=O) groups excluding carboxylic acids is 1. The molecule has 0 saturated carbocycles. The Morgan fingerprint density at radius 3 is 2.33 bits per heavy atom. The number of amides is 1. The molecule has 0 heterocycles. The van der Waals surface area contributed by atoms with Crippen LogP contribution < -0.4 is 11.1 Å². The lowest BCUT2D eigenvalue weighted by Gasteiger charge is -2.13. The summed E-state index contributed by atoms with van der Waals surface area (Å²) in [6.07, 6.45) is 2.17. The number of hydrogen-bond acceptors (Lipinski definition) is 2. The number of rotatable bonds is 5. The number of nitrogens with one attached hydrogen (secondary N) is 1. The highest BCUT2D eigenvalue weighted by Gasteiger charge is 2.20. The number of primary amides is 1. The van der Waals surface area contributed by atoms with Crippen molar-refractivity contribution >= 4 is 17.5 Å². The predicted molar refractivity (Wildman–Crippen MR) is 110 cm³/mol. The minimum absolute atomic E-state index is 0.346. The molecule has 0 saturated heterocycles. The van der Waals surface area contributed by atoms with Crippen LogP contribution in [0, 0.1) is 0 Å². The van der Waals surface area contributed by atoms with Crippen LogP contribution in [0.4, 0.5) is 0 Å². The molecule has 4 heteroatoms. The van der Waals surface area contributed by atoms with E-state index in [1.54, 1.807) is 12.1 Å². The molecule has 3 aromatic carbocycles. The minimum atomic E-state index is -0.512. The third-order valence-electron chi connectivity index (χ3n) is 5.14. The Kier molecular flexibility index (Phi) is 4.97. The van der Waals surface area contributed by atoms with E-state index in [2.05, 4.69) is 41.7 Å². The zero-order chi connectivity index (χ0) is 18.8. The van der Waals surface area contributed by atoms with Crippen molar-refractivity contribution in [1.82, 2.24) is 5.32 Å². The van der Waals surface area contributed by atoms with Gasteiger partial charge < -0.3 is 11.1 Å². The van der Waals surface area contributed by atoms with Gasteiger partial charge >= 0.3 is 0 Å². The van der Waals surface area contributed by atoms with Gasteiger partial charge in [-0.15, -0.1) is 0 Å². The van der Waals surface area contributed by atoms with Crippen molar-refractivity contribution in [2.45, 2.75) is 25.4 Å². The Hall–Kier alpha value is -2.62. The Morgan fingerprint density at radius 2 is 1.67 bits per heavy atom. The first kappa shape index (κ1) is 17.8. The van der Waals surface area contributed by atoms with Gasteiger partial charge in [-0.25, -0.2) is 0 Å². The molecule has 1 amide bonds. The monoisotopic (exact) mass is 376 g/mol. The Labute approximate surface area is 164 Å². The standard InChI is InChI=1S/C23H21ClN2O/c24-22-13-19(8-9-21(22)23(25)27)16-7-3-4-15(10-16)14-26-20-11-17-5-1-2-6-18(17)12-20/h1-10,13,20,26H,11-12,14H2,(H2,25,27). The van der Waals surface area contributed by atoms with Crippen molar-refractivity contribution in [1.29, 1.82) is 0 Å². The molecule has 0 bridgehead atoms. The molecule has 3 nitrogen and oxygen atoms in total. The maximum Gasteiger partial charge on any atom is 0.250 e. The molecule has 1 aliphatic carbocycles. The number of hydrogen-bond donors (Lipinski definition) is 2. The summed E-state index contributed by atoms with van der Waals surface area (Å²) in [5, 5.41) is 4.05. The number of fused-ring (bicyclic) bond motifs is 1. The largest absolute Gasteiger partial charge is 0.366 e. The van der Waals surface area contributed by atoms with Crippen molar-refractivity contribution in [3.05, 3.63) is 94.0 Å². The second-order valence-corrected chi connectivity index (χ2v) is 7.42. The van der Waals surface area contributed by atoms with E-state index in [4.69, 9.17) is 17.3 Å². The number of carbonyl (C=O) groups is 1. The molecular formula is C23H21ClN2O. The molecule has 0 aromatic heterocycles. The summed E-state index contributed by atoms with van der Waals surface area (Å²) in [6, 6.07) is 22.9. The smallest absolute Gasteiger partial charge is 0.250 e. The summed E-state index contributed by atoms with van der Waals surface area (Å²) < 4.78 is 0. The molecule has 4 rings (SSSR count). The van der Waals surface area contributed by atoms with E-state index < -0.39 is 5.91 Å². The van der Waals surface area contributed by atoms with Crippen LogP contribution in [0.25, 0.3) is 11.1 Å². The molecule has 136 valence electrons. The van der Waals surface area contributed by atoms with Crippen molar-refractivity contribution in [2.75, 3.05) is 0 Å². The Bertz CT molecular complexity index is 974. The van der Waals surface area contributed by atoms with Gasteiger partial charge in [0, 0.05) is 12.6 Å². The van der Waals surface area contributed by atoms with Crippen molar-refractivity contribution in [2.24, 2.45) is 5.73 Å². The van der Waals surface area contributed by atoms with Gasteiger partial charge in [0.2, 0.25) is 5.91 Å². The predicted octanol–water partition coefficient (Wildman–Crippen LogP) is 4.36. The lowest BCUT2D eigenvalue weighted by Crippen LogP contribution is -2.28. The molecule has 0 spiro atoms. The van der Waals surface area contributed by atoms with Gasteiger partial charge in [-0.05, 0) is 58.9 Å². The van der Waals surface area contributed by atoms with Crippen LogP contribution in [-0.2, 0) is 19.4 Å². The van der Waals surface area contributed by atoms with Crippen molar-refractivity contribution in [3.63, 3.8) is 0 Å². The zero-order valence-corrected chi connectivity index (χ0v) is 15.7. The van der Waals surface area contributed by atoms with Crippen LogP contribution in [0.3, 0.4) is 0 Å². The fraction of sp³-hybridized carbons (Fsp3) is 0.174. The van der Waals surface area contributed by atoms with Gasteiger partial charge in [0.05, 0.1) is 10.6 Å². The minimum Gasteiger partial charge on any atom is -0.366 e. The highest BCUT2D eigenvalue weighted by atomic mass is 35.5. The number of benzene rings is 3. The first-order valence-electron chi connectivity index (χ1n) is 9.09. The Balaban J connectivity index is 1.46. The summed E-state index contributed by atoms with van der Waals surface area (Å²) >= 11 is 6.19.